The van der Waals surface area contributed by atoms with Gasteiger partial charge in [0.05, 0.1) is 18.5 Å². The molecule has 0 fully saturated rings. The Balaban J connectivity index is 1.26. The number of benzene rings is 3. The Morgan fingerprint density at radius 1 is 0.921 bits per heavy atom. The molecule has 192 valence electrons. The minimum Gasteiger partial charge on any atom is -0.492 e. The van der Waals surface area contributed by atoms with E-state index >= 15 is 0 Å². The van der Waals surface area contributed by atoms with Crippen molar-refractivity contribution < 1.29 is 9.53 Å². The number of hydrogen-bond donors (Lipinski definition) is 2. The number of nitrogens with zero attached hydrogens (tertiary/aromatic N) is 4. The maximum atomic E-state index is 12.7. The predicted molar refractivity (Wildman–Crippen MR) is 152 cm³/mol. The van der Waals surface area contributed by atoms with Crippen LogP contribution < -0.4 is 20.3 Å². The van der Waals surface area contributed by atoms with Gasteiger partial charge in [-0.2, -0.15) is 0 Å². The SMILES string of the molecule is CN(C)c1cccc(Nc2ccc(-n3cc(CC(=O)NCCOc4ccccc4)c4ccccc43)nn2)c1. The van der Waals surface area contributed by atoms with Gasteiger partial charge in [0.2, 0.25) is 5.91 Å². The Labute approximate surface area is 221 Å². The lowest BCUT2D eigenvalue weighted by Crippen LogP contribution is -2.29. The number of carbonyl (C=O) groups excluding carboxylic acids is 1. The third kappa shape index (κ3) is 5.92. The highest BCUT2D eigenvalue weighted by molar-refractivity contribution is 5.90. The van der Waals surface area contributed by atoms with Crippen LogP contribution in [0.25, 0.3) is 16.7 Å². The van der Waals surface area contributed by atoms with Crippen LogP contribution >= 0.6 is 0 Å². The average Bonchev–Trinajstić information content (AvgIpc) is 3.30. The van der Waals surface area contributed by atoms with E-state index in [0.717, 1.165) is 33.6 Å². The number of hydrogen-bond acceptors (Lipinski definition) is 6. The van der Waals surface area contributed by atoms with Crippen molar-refractivity contribution in [2.24, 2.45) is 0 Å². The van der Waals surface area contributed by atoms with Crippen LogP contribution in [0.1, 0.15) is 5.56 Å². The summed E-state index contributed by atoms with van der Waals surface area (Å²) >= 11 is 0. The van der Waals surface area contributed by atoms with Crippen LogP contribution in [-0.4, -0.2) is 47.9 Å². The van der Waals surface area contributed by atoms with E-state index in [4.69, 9.17) is 4.74 Å². The summed E-state index contributed by atoms with van der Waals surface area (Å²) in [6.45, 7) is 0.844. The average molecular weight is 507 g/mol. The minimum absolute atomic E-state index is 0.0600. The number of amides is 1. The molecule has 0 bridgehead atoms. The van der Waals surface area contributed by atoms with Crippen molar-refractivity contribution in [1.82, 2.24) is 20.1 Å². The second-order valence-electron chi connectivity index (χ2n) is 9.08. The number of ether oxygens (including phenoxy) is 1. The van der Waals surface area contributed by atoms with Crippen molar-refractivity contribution >= 4 is 34.0 Å². The number of nitrogens with one attached hydrogen (secondary N) is 2. The Morgan fingerprint density at radius 3 is 2.53 bits per heavy atom. The summed E-state index contributed by atoms with van der Waals surface area (Å²) in [6, 6.07) is 29.5. The van der Waals surface area contributed by atoms with E-state index in [-0.39, 0.29) is 12.3 Å². The van der Waals surface area contributed by atoms with E-state index in [1.807, 2.05) is 115 Å². The maximum Gasteiger partial charge on any atom is 0.224 e. The van der Waals surface area contributed by atoms with Gasteiger partial charge in [-0.25, -0.2) is 0 Å². The van der Waals surface area contributed by atoms with Gasteiger partial charge in [0.25, 0.3) is 0 Å². The van der Waals surface area contributed by atoms with Crippen molar-refractivity contribution in [3.05, 3.63) is 103 Å². The van der Waals surface area contributed by atoms with Crippen LogP contribution in [0.2, 0.25) is 0 Å². The molecule has 2 heterocycles. The molecule has 0 radical (unpaired) electrons. The highest BCUT2D eigenvalue weighted by atomic mass is 16.5. The van der Waals surface area contributed by atoms with Crippen LogP contribution in [0.15, 0.2) is 97.2 Å². The summed E-state index contributed by atoms with van der Waals surface area (Å²) < 4.78 is 7.63. The van der Waals surface area contributed by atoms with Crippen molar-refractivity contribution in [2.45, 2.75) is 6.42 Å². The number of aromatic nitrogens is 3. The van der Waals surface area contributed by atoms with E-state index in [0.29, 0.717) is 24.8 Å². The van der Waals surface area contributed by atoms with E-state index in [1.54, 1.807) is 0 Å². The van der Waals surface area contributed by atoms with E-state index < -0.39 is 0 Å². The lowest BCUT2D eigenvalue weighted by Gasteiger charge is -2.14. The number of carbonyl (C=O) groups is 1. The molecule has 0 unspecified atom stereocenters. The third-order valence-corrected chi connectivity index (χ3v) is 6.11. The lowest BCUT2D eigenvalue weighted by atomic mass is 10.1. The van der Waals surface area contributed by atoms with Crippen LogP contribution in [-0.2, 0) is 11.2 Å². The fourth-order valence-electron chi connectivity index (χ4n) is 4.22. The second kappa shape index (κ2) is 11.5. The molecule has 38 heavy (non-hydrogen) atoms. The summed E-state index contributed by atoms with van der Waals surface area (Å²) in [6.07, 6.45) is 2.22. The summed E-state index contributed by atoms with van der Waals surface area (Å²) in [5, 5.41) is 16.1. The van der Waals surface area contributed by atoms with Gasteiger partial charge in [0, 0.05) is 37.1 Å². The molecule has 0 aliphatic heterocycles. The van der Waals surface area contributed by atoms with Gasteiger partial charge in [-0.15, -0.1) is 10.2 Å². The van der Waals surface area contributed by atoms with Crippen molar-refractivity contribution in [3.8, 4) is 11.6 Å². The fourth-order valence-corrected chi connectivity index (χ4v) is 4.22. The zero-order chi connectivity index (χ0) is 26.3. The van der Waals surface area contributed by atoms with Crippen LogP contribution in [0.5, 0.6) is 5.75 Å². The first-order valence-electron chi connectivity index (χ1n) is 12.5. The first-order chi connectivity index (χ1) is 18.6. The third-order valence-electron chi connectivity index (χ3n) is 6.11. The van der Waals surface area contributed by atoms with E-state index in [1.165, 1.54) is 0 Å². The van der Waals surface area contributed by atoms with Gasteiger partial charge >= 0.3 is 0 Å². The largest absolute Gasteiger partial charge is 0.492 e. The van der Waals surface area contributed by atoms with Crippen molar-refractivity contribution in [1.29, 1.82) is 0 Å². The zero-order valence-corrected chi connectivity index (χ0v) is 21.5. The smallest absolute Gasteiger partial charge is 0.224 e. The number of rotatable bonds is 10. The van der Waals surface area contributed by atoms with Gasteiger partial charge in [0.1, 0.15) is 12.4 Å². The molecule has 0 aliphatic carbocycles. The first-order valence-corrected chi connectivity index (χ1v) is 12.5. The maximum absolute atomic E-state index is 12.7. The molecule has 5 aromatic rings. The normalized spacial score (nSPS) is 10.8. The van der Waals surface area contributed by atoms with Gasteiger partial charge < -0.3 is 20.3 Å². The van der Waals surface area contributed by atoms with Crippen molar-refractivity contribution in [2.75, 3.05) is 37.5 Å². The van der Waals surface area contributed by atoms with Crippen LogP contribution in [0, 0.1) is 0 Å². The number of anilines is 3. The summed E-state index contributed by atoms with van der Waals surface area (Å²) in [5.41, 5.74) is 3.92. The topological polar surface area (TPSA) is 84.3 Å². The quantitative estimate of drug-likeness (QED) is 0.260. The van der Waals surface area contributed by atoms with E-state index in [9.17, 15) is 4.79 Å². The summed E-state index contributed by atoms with van der Waals surface area (Å²) in [7, 11) is 4.01. The Hall–Kier alpha value is -4.85. The number of para-hydroxylation sites is 2. The molecular weight excluding hydrogens is 476 g/mol. The first kappa shape index (κ1) is 24.8. The molecule has 2 aromatic heterocycles. The molecule has 8 nitrogen and oxygen atoms in total. The lowest BCUT2D eigenvalue weighted by molar-refractivity contribution is -0.120. The highest BCUT2D eigenvalue weighted by Gasteiger charge is 2.14. The number of fused-ring (bicyclic) bond motifs is 1. The molecule has 0 saturated carbocycles. The molecule has 5 rings (SSSR count). The fraction of sp³-hybridized carbons (Fsp3) is 0.167. The molecule has 0 spiro atoms. The molecule has 0 atom stereocenters. The second-order valence-corrected chi connectivity index (χ2v) is 9.08. The summed E-state index contributed by atoms with van der Waals surface area (Å²) in [5.74, 6) is 2.06. The van der Waals surface area contributed by atoms with Gasteiger partial charge in [-0.05, 0) is 54.1 Å². The van der Waals surface area contributed by atoms with Crippen LogP contribution in [0.3, 0.4) is 0 Å². The summed E-state index contributed by atoms with van der Waals surface area (Å²) in [4.78, 5) is 14.7. The molecular formula is C30H30N6O2. The molecule has 0 saturated heterocycles. The predicted octanol–water partition coefficient (Wildman–Crippen LogP) is 4.97. The van der Waals surface area contributed by atoms with Gasteiger partial charge in [0.15, 0.2) is 11.6 Å². The Bertz CT molecular complexity index is 1510. The molecule has 1 amide bonds. The van der Waals surface area contributed by atoms with E-state index in [2.05, 4.69) is 26.9 Å². The minimum atomic E-state index is -0.0600. The van der Waals surface area contributed by atoms with Gasteiger partial charge in [-0.1, -0.05) is 42.5 Å². The molecule has 3 aromatic carbocycles. The van der Waals surface area contributed by atoms with Crippen molar-refractivity contribution in [3.63, 3.8) is 0 Å². The van der Waals surface area contributed by atoms with Gasteiger partial charge in [-0.3, -0.25) is 9.36 Å². The highest BCUT2D eigenvalue weighted by Crippen LogP contribution is 2.25. The van der Waals surface area contributed by atoms with Crippen LogP contribution in [0.4, 0.5) is 17.2 Å². The molecule has 8 heteroatoms. The molecule has 2 N–H and O–H groups in total. The Kier molecular flexibility index (Phi) is 7.49. The Morgan fingerprint density at radius 2 is 1.74 bits per heavy atom. The standard InChI is InChI=1S/C30H30N6O2/c1-35(2)24-10-8-9-23(20-24)32-28-15-16-29(34-33-28)36-21-22(26-13-6-7-14-27(26)36)19-30(37)31-17-18-38-25-11-4-3-5-12-25/h3-16,20-21H,17-19H2,1-2H3,(H,31,37)(H,32,33). The monoisotopic (exact) mass is 506 g/mol. The zero-order valence-electron chi connectivity index (χ0n) is 21.5. The molecule has 0 aliphatic rings.